The molecule has 18 heteroatoms. The second-order valence-electron chi connectivity index (χ2n) is 13.5. The van der Waals surface area contributed by atoms with Gasteiger partial charge in [-0.15, -0.1) is 0 Å². The number of nitrogens with one attached hydrogen (secondary N) is 2. The van der Waals surface area contributed by atoms with Gasteiger partial charge < -0.3 is 45.7 Å². The van der Waals surface area contributed by atoms with Crippen molar-refractivity contribution in [1.29, 1.82) is 0 Å². The molecule has 0 aliphatic carbocycles. The molecule has 5 heterocycles. The second-order valence-corrected chi connectivity index (χ2v) is 13.5. The van der Waals surface area contributed by atoms with Crippen molar-refractivity contribution in [3.63, 3.8) is 0 Å². The molecule has 0 radical (unpaired) electrons. The fourth-order valence-electron chi connectivity index (χ4n) is 7.13. The molecular formula is C39H38N4O14. The van der Waals surface area contributed by atoms with Crippen molar-refractivity contribution in [2.24, 2.45) is 0 Å². The van der Waals surface area contributed by atoms with Crippen molar-refractivity contribution in [3.05, 3.63) is 69.3 Å². The molecule has 0 amide bonds. The van der Waals surface area contributed by atoms with Gasteiger partial charge in [0.25, 0.3) is 0 Å². The number of fused-ring (bicyclic) bond motifs is 8. The molecule has 0 aromatic carbocycles. The number of aliphatic carboxylic acids is 7. The van der Waals surface area contributed by atoms with Crippen molar-refractivity contribution in [3.8, 4) is 0 Å². The first-order valence-corrected chi connectivity index (χ1v) is 17.6. The molecule has 3 aromatic heterocycles. The molecule has 8 bridgehead atoms. The Morgan fingerprint density at radius 2 is 0.789 bits per heavy atom. The summed E-state index contributed by atoms with van der Waals surface area (Å²) < 4.78 is 0. The number of hydrogen-bond donors (Lipinski definition) is 9. The predicted octanol–water partition coefficient (Wildman–Crippen LogP) is 4.65. The molecular weight excluding hydrogens is 748 g/mol. The average Bonchev–Trinajstić information content (AvgIpc) is 3.77. The van der Waals surface area contributed by atoms with Crippen LogP contribution in [-0.2, 0) is 59.2 Å². The number of allylic oxidation sites excluding steroid dienone is 3. The van der Waals surface area contributed by atoms with Crippen molar-refractivity contribution < 1.29 is 69.3 Å². The van der Waals surface area contributed by atoms with Gasteiger partial charge in [0, 0.05) is 47.8 Å². The number of aromatic nitrogens is 4. The summed E-state index contributed by atoms with van der Waals surface area (Å²) in [5, 5.41) is 68.4. The first-order chi connectivity index (χ1) is 26.9. The zero-order valence-electron chi connectivity index (χ0n) is 30.5. The highest BCUT2D eigenvalue weighted by atomic mass is 16.4. The monoisotopic (exact) mass is 786 g/mol. The first kappa shape index (κ1) is 41.1. The summed E-state index contributed by atoms with van der Waals surface area (Å²) in [6.45, 7) is 1.68. The third-order valence-corrected chi connectivity index (χ3v) is 9.64. The summed E-state index contributed by atoms with van der Waals surface area (Å²) in [5.41, 5.74) is 3.68. The normalized spacial score (nSPS) is 12.5. The van der Waals surface area contributed by atoms with Crippen molar-refractivity contribution >= 4 is 86.1 Å². The Hall–Kier alpha value is -7.11. The van der Waals surface area contributed by atoms with Crippen LogP contribution in [0.15, 0.2) is 24.3 Å². The Bertz CT molecular complexity index is 2470. The molecule has 57 heavy (non-hydrogen) atoms. The highest BCUT2D eigenvalue weighted by Crippen LogP contribution is 2.39. The Morgan fingerprint density at radius 3 is 1.26 bits per heavy atom. The standard InChI is InChI=1S/C39H38N4O14/c1-17-18(2-6-33(44)45)26-14-30-23(11-38(54)55)20(4-8-35(48)49)28(42-30)16-32-24(12-39(56)57)21(5-9-36(50)51)29(43-32)15-31-22(10-37(52)53)19(3-7-34(46)47)27(41-31)13-25(17)40-26/h13-16,42-43H,2-12H2,1H3,(H,44,45)(H,46,47)(H,48,49)(H,50,51)(H,52,53)(H,54,55)(H,56,57). The van der Waals surface area contributed by atoms with Crippen LogP contribution in [0.2, 0.25) is 0 Å². The number of carboxylic acid groups (broad SMARTS) is 7. The van der Waals surface area contributed by atoms with Crippen molar-refractivity contribution in [1.82, 2.24) is 19.9 Å². The largest absolute Gasteiger partial charge is 0.481 e. The number of carboxylic acids is 7. The van der Waals surface area contributed by atoms with E-state index >= 15 is 0 Å². The lowest BCUT2D eigenvalue weighted by Gasteiger charge is -2.06. The summed E-state index contributed by atoms with van der Waals surface area (Å²) in [6.07, 6.45) is -3.90. The fraction of sp³-hybridized carbons (Fsp3) is 0.308. The van der Waals surface area contributed by atoms with E-state index in [4.69, 9.17) is 9.97 Å². The fourth-order valence-corrected chi connectivity index (χ4v) is 7.13. The minimum Gasteiger partial charge on any atom is -0.481 e. The van der Waals surface area contributed by atoms with Gasteiger partial charge in [0.05, 0.1) is 42.0 Å². The summed E-state index contributed by atoms with van der Waals surface area (Å²) in [7, 11) is 0. The third-order valence-electron chi connectivity index (χ3n) is 9.64. The molecule has 0 unspecified atom stereocenters. The topological polar surface area (TPSA) is 318 Å². The maximum Gasteiger partial charge on any atom is 0.307 e. The van der Waals surface area contributed by atoms with Gasteiger partial charge in [-0.1, -0.05) is 0 Å². The Morgan fingerprint density at radius 1 is 0.421 bits per heavy atom. The zero-order valence-corrected chi connectivity index (χ0v) is 30.5. The zero-order chi connectivity index (χ0) is 41.7. The molecule has 18 nitrogen and oxygen atoms in total. The second kappa shape index (κ2) is 17.1. The lowest BCUT2D eigenvalue weighted by atomic mass is 9.96. The number of aromatic amines is 2. The van der Waals surface area contributed by atoms with Crippen LogP contribution in [0.3, 0.4) is 0 Å². The number of carbonyl (C=O) groups is 7. The van der Waals surface area contributed by atoms with E-state index in [9.17, 15) is 69.3 Å². The van der Waals surface area contributed by atoms with E-state index in [1.807, 2.05) is 0 Å². The molecule has 5 rings (SSSR count). The predicted molar refractivity (Wildman–Crippen MR) is 201 cm³/mol. The van der Waals surface area contributed by atoms with Crippen LogP contribution >= 0.6 is 0 Å². The van der Waals surface area contributed by atoms with E-state index in [-0.39, 0.29) is 110 Å². The van der Waals surface area contributed by atoms with Crippen LogP contribution in [0.4, 0.5) is 0 Å². The van der Waals surface area contributed by atoms with Crippen LogP contribution in [0, 0.1) is 0 Å². The van der Waals surface area contributed by atoms with Gasteiger partial charge in [-0.3, -0.25) is 33.6 Å². The van der Waals surface area contributed by atoms with Crippen LogP contribution < -0.4 is 0 Å². The number of nitrogens with zero attached hydrogens (tertiary/aromatic N) is 2. The smallest absolute Gasteiger partial charge is 0.307 e. The molecule has 0 spiro atoms. The molecule has 298 valence electrons. The van der Waals surface area contributed by atoms with E-state index in [0.717, 1.165) is 0 Å². The van der Waals surface area contributed by atoms with Gasteiger partial charge in [0.1, 0.15) is 0 Å². The first-order valence-electron chi connectivity index (χ1n) is 17.6. The Kier molecular flexibility index (Phi) is 12.3. The van der Waals surface area contributed by atoms with E-state index in [1.54, 1.807) is 6.92 Å². The average molecular weight is 787 g/mol. The van der Waals surface area contributed by atoms with Gasteiger partial charge >= 0.3 is 41.8 Å². The summed E-state index contributed by atoms with van der Waals surface area (Å²) >= 11 is 0. The highest BCUT2D eigenvalue weighted by Gasteiger charge is 2.26. The lowest BCUT2D eigenvalue weighted by Crippen LogP contribution is -2.05. The Balaban J connectivity index is 2.05. The van der Waals surface area contributed by atoms with Gasteiger partial charge in [0.2, 0.25) is 0 Å². The number of hydrogen-bond acceptors (Lipinski definition) is 9. The SMILES string of the molecule is CC1=C(CCC(=O)O)c2cc3[nH]c(cc4[nH]c(cc5nc(cc1n2)C(CCC(=O)O)=C5CC(=O)O)c(CCC(=O)O)c4CC(=O)O)c(CCC(=O)O)c3CC(=O)O. The number of rotatable bonds is 18. The number of aryl methyl sites for hydroxylation is 2. The molecule has 2 aliphatic heterocycles. The molecule has 9 N–H and O–H groups in total. The maximum absolute atomic E-state index is 12.3. The minimum atomic E-state index is -1.29. The van der Waals surface area contributed by atoms with Crippen LogP contribution in [-0.4, -0.2) is 97.5 Å². The Labute approximate surface area is 321 Å². The molecule has 0 atom stereocenters. The minimum absolute atomic E-state index is 0.0140. The van der Waals surface area contributed by atoms with E-state index in [1.165, 1.54) is 24.3 Å². The van der Waals surface area contributed by atoms with Gasteiger partial charge in [-0.2, -0.15) is 0 Å². The van der Waals surface area contributed by atoms with Crippen LogP contribution in [0.1, 0.15) is 96.9 Å². The van der Waals surface area contributed by atoms with Gasteiger partial charge in [-0.25, -0.2) is 9.97 Å². The van der Waals surface area contributed by atoms with Gasteiger partial charge in [0.15, 0.2) is 0 Å². The van der Waals surface area contributed by atoms with E-state index < -0.39 is 80.3 Å². The third kappa shape index (κ3) is 9.77. The van der Waals surface area contributed by atoms with Gasteiger partial charge in [-0.05, 0) is 101 Å². The number of H-pyrrole nitrogens is 2. The quantitative estimate of drug-likeness (QED) is 0.0847. The van der Waals surface area contributed by atoms with E-state index in [2.05, 4.69) is 9.97 Å². The molecule has 3 aromatic rings. The van der Waals surface area contributed by atoms with Crippen molar-refractivity contribution in [2.75, 3.05) is 0 Å². The summed E-state index contributed by atoms with van der Waals surface area (Å²) in [5.74, 6) is -8.48. The van der Waals surface area contributed by atoms with Crippen LogP contribution in [0.5, 0.6) is 0 Å². The molecule has 0 saturated heterocycles. The maximum atomic E-state index is 12.3. The van der Waals surface area contributed by atoms with E-state index in [0.29, 0.717) is 11.1 Å². The lowest BCUT2D eigenvalue weighted by molar-refractivity contribution is -0.138. The molecule has 0 saturated carbocycles. The summed E-state index contributed by atoms with van der Waals surface area (Å²) in [6, 6.07) is 5.90. The van der Waals surface area contributed by atoms with Crippen LogP contribution in [0.25, 0.3) is 44.4 Å². The van der Waals surface area contributed by atoms with Crippen molar-refractivity contribution in [2.45, 2.75) is 77.6 Å². The molecule has 2 aliphatic rings. The summed E-state index contributed by atoms with van der Waals surface area (Å²) in [4.78, 5) is 99.6. The highest BCUT2D eigenvalue weighted by molar-refractivity contribution is 6.01. The molecule has 0 fully saturated rings.